The zero-order valence-electron chi connectivity index (χ0n) is 13.7. The van der Waals surface area contributed by atoms with Crippen LogP contribution < -0.4 is 4.74 Å². The van der Waals surface area contributed by atoms with Crippen molar-refractivity contribution in [2.45, 2.75) is 13.5 Å². The SMILES string of the molecule is Cc1cc2nccc(-c3ccc(OCc4ccc(Cl)cc4)cc3)n2n1. The van der Waals surface area contributed by atoms with Gasteiger partial charge >= 0.3 is 0 Å². The van der Waals surface area contributed by atoms with Crippen LogP contribution in [0.4, 0.5) is 0 Å². The van der Waals surface area contributed by atoms with E-state index >= 15 is 0 Å². The maximum atomic E-state index is 5.90. The Morgan fingerprint density at radius 2 is 1.76 bits per heavy atom. The third-order valence-electron chi connectivity index (χ3n) is 3.95. The van der Waals surface area contributed by atoms with Crippen LogP contribution in [0.3, 0.4) is 0 Å². The van der Waals surface area contributed by atoms with E-state index in [1.54, 1.807) is 6.20 Å². The number of nitrogens with zero attached hydrogens (tertiary/aromatic N) is 3. The summed E-state index contributed by atoms with van der Waals surface area (Å²) in [5.74, 6) is 0.820. The van der Waals surface area contributed by atoms with E-state index in [1.165, 1.54) is 0 Å². The average molecular weight is 350 g/mol. The molecule has 0 unspecified atom stereocenters. The first kappa shape index (κ1) is 15.7. The normalized spacial score (nSPS) is 11.0. The topological polar surface area (TPSA) is 39.4 Å². The first-order chi connectivity index (χ1) is 12.2. The summed E-state index contributed by atoms with van der Waals surface area (Å²) in [5.41, 5.74) is 4.94. The van der Waals surface area contributed by atoms with Crippen molar-refractivity contribution in [2.75, 3.05) is 0 Å². The predicted octanol–water partition coefficient (Wildman–Crippen LogP) is 4.94. The summed E-state index contributed by atoms with van der Waals surface area (Å²) in [4.78, 5) is 4.34. The van der Waals surface area contributed by atoms with E-state index in [0.717, 1.165) is 38.9 Å². The number of fused-ring (bicyclic) bond motifs is 1. The van der Waals surface area contributed by atoms with Crippen LogP contribution in [-0.4, -0.2) is 14.6 Å². The van der Waals surface area contributed by atoms with E-state index in [1.807, 2.05) is 72.1 Å². The highest BCUT2D eigenvalue weighted by Crippen LogP contribution is 2.23. The molecule has 2 aromatic heterocycles. The Bertz CT molecular complexity index is 1010. The molecule has 0 spiro atoms. The molecule has 25 heavy (non-hydrogen) atoms. The molecule has 0 N–H and O–H groups in total. The molecule has 0 bridgehead atoms. The lowest BCUT2D eigenvalue weighted by Crippen LogP contribution is -1.97. The molecule has 4 nitrogen and oxygen atoms in total. The number of aryl methyl sites for hydroxylation is 1. The molecule has 0 aliphatic heterocycles. The van der Waals surface area contributed by atoms with E-state index in [-0.39, 0.29) is 0 Å². The molecule has 4 rings (SSSR count). The smallest absolute Gasteiger partial charge is 0.155 e. The van der Waals surface area contributed by atoms with Crippen molar-refractivity contribution in [1.29, 1.82) is 0 Å². The molecular weight excluding hydrogens is 334 g/mol. The highest BCUT2D eigenvalue weighted by Gasteiger charge is 2.07. The van der Waals surface area contributed by atoms with Gasteiger partial charge in [-0.3, -0.25) is 0 Å². The summed E-state index contributed by atoms with van der Waals surface area (Å²) in [7, 11) is 0. The van der Waals surface area contributed by atoms with Crippen molar-refractivity contribution in [1.82, 2.24) is 14.6 Å². The monoisotopic (exact) mass is 349 g/mol. The molecule has 4 aromatic rings. The number of rotatable bonds is 4. The Hall–Kier alpha value is -2.85. The Morgan fingerprint density at radius 3 is 2.52 bits per heavy atom. The second kappa shape index (κ2) is 6.57. The van der Waals surface area contributed by atoms with Crippen LogP contribution in [0.25, 0.3) is 16.9 Å². The standard InChI is InChI=1S/C20H16ClN3O/c1-14-12-20-22-11-10-19(24(20)23-14)16-4-8-18(9-5-16)25-13-15-2-6-17(21)7-3-15/h2-12H,13H2,1H3. The lowest BCUT2D eigenvalue weighted by Gasteiger charge is -2.08. The van der Waals surface area contributed by atoms with Gasteiger partial charge in [0.2, 0.25) is 0 Å². The van der Waals surface area contributed by atoms with Gasteiger partial charge in [0, 0.05) is 22.8 Å². The van der Waals surface area contributed by atoms with Gasteiger partial charge in [0.25, 0.3) is 0 Å². The minimum atomic E-state index is 0.508. The quantitative estimate of drug-likeness (QED) is 0.524. The summed E-state index contributed by atoms with van der Waals surface area (Å²) in [6, 6.07) is 19.6. The summed E-state index contributed by atoms with van der Waals surface area (Å²) in [6.45, 7) is 2.47. The number of benzene rings is 2. The van der Waals surface area contributed by atoms with Gasteiger partial charge in [-0.1, -0.05) is 23.7 Å². The van der Waals surface area contributed by atoms with Crippen LogP contribution in [0.15, 0.2) is 66.9 Å². The fourth-order valence-electron chi connectivity index (χ4n) is 2.70. The van der Waals surface area contributed by atoms with Crippen LogP contribution in [0, 0.1) is 6.92 Å². The zero-order valence-corrected chi connectivity index (χ0v) is 14.4. The maximum absolute atomic E-state index is 5.90. The number of aromatic nitrogens is 3. The Morgan fingerprint density at radius 1 is 1.00 bits per heavy atom. The molecule has 0 aliphatic carbocycles. The lowest BCUT2D eigenvalue weighted by molar-refractivity contribution is 0.306. The highest BCUT2D eigenvalue weighted by molar-refractivity contribution is 6.30. The number of halogens is 1. The van der Waals surface area contributed by atoms with E-state index in [0.29, 0.717) is 6.61 Å². The number of ether oxygens (including phenoxy) is 1. The van der Waals surface area contributed by atoms with Crippen molar-refractivity contribution in [2.24, 2.45) is 0 Å². The molecule has 0 radical (unpaired) electrons. The molecule has 0 aliphatic rings. The molecule has 2 heterocycles. The van der Waals surface area contributed by atoms with Crippen molar-refractivity contribution in [3.63, 3.8) is 0 Å². The largest absolute Gasteiger partial charge is 0.489 e. The Balaban J connectivity index is 1.54. The fraction of sp³-hybridized carbons (Fsp3) is 0.100. The van der Waals surface area contributed by atoms with Crippen molar-refractivity contribution in [3.05, 3.63) is 83.1 Å². The van der Waals surface area contributed by atoms with Crippen molar-refractivity contribution < 1.29 is 4.74 Å². The number of hydrogen-bond donors (Lipinski definition) is 0. The van der Waals surface area contributed by atoms with Gasteiger partial charge in [-0.25, -0.2) is 9.50 Å². The third-order valence-corrected chi connectivity index (χ3v) is 4.20. The van der Waals surface area contributed by atoms with Gasteiger partial charge in [-0.2, -0.15) is 5.10 Å². The average Bonchev–Trinajstić information content (AvgIpc) is 3.02. The summed E-state index contributed by atoms with van der Waals surface area (Å²) in [5, 5.41) is 5.23. The first-order valence-electron chi connectivity index (χ1n) is 7.98. The third kappa shape index (κ3) is 3.35. The minimum Gasteiger partial charge on any atom is -0.489 e. The zero-order chi connectivity index (χ0) is 17.2. The molecule has 2 aromatic carbocycles. The van der Waals surface area contributed by atoms with E-state index in [9.17, 15) is 0 Å². The predicted molar refractivity (Wildman–Crippen MR) is 98.9 cm³/mol. The molecule has 0 saturated carbocycles. The highest BCUT2D eigenvalue weighted by atomic mass is 35.5. The van der Waals surface area contributed by atoms with Gasteiger partial charge < -0.3 is 4.74 Å². The van der Waals surface area contributed by atoms with Crippen LogP contribution in [0.5, 0.6) is 5.75 Å². The summed E-state index contributed by atoms with van der Waals surface area (Å²) >= 11 is 5.90. The van der Waals surface area contributed by atoms with Gasteiger partial charge in [-0.15, -0.1) is 0 Å². The van der Waals surface area contributed by atoms with Crippen molar-refractivity contribution in [3.8, 4) is 17.0 Å². The van der Waals surface area contributed by atoms with E-state index < -0.39 is 0 Å². The van der Waals surface area contributed by atoms with E-state index in [2.05, 4.69) is 10.1 Å². The summed E-state index contributed by atoms with van der Waals surface area (Å²) < 4.78 is 7.70. The molecule has 0 atom stereocenters. The van der Waals surface area contributed by atoms with Gasteiger partial charge in [0.1, 0.15) is 12.4 Å². The van der Waals surface area contributed by atoms with Crippen LogP contribution >= 0.6 is 11.6 Å². The first-order valence-corrected chi connectivity index (χ1v) is 8.36. The Labute approximate surface area is 150 Å². The molecule has 0 amide bonds. The van der Waals surface area contributed by atoms with Gasteiger partial charge in [0.05, 0.1) is 11.4 Å². The van der Waals surface area contributed by atoms with Gasteiger partial charge in [0.15, 0.2) is 5.65 Å². The molecular formula is C20H16ClN3O. The minimum absolute atomic E-state index is 0.508. The van der Waals surface area contributed by atoms with Crippen LogP contribution in [0.2, 0.25) is 5.02 Å². The Kier molecular flexibility index (Phi) is 4.12. The number of hydrogen-bond acceptors (Lipinski definition) is 3. The fourth-order valence-corrected chi connectivity index (χ4v) is 2.82. The second-order valence-electron chi connectivity index (χ2n) is 5.83. The summed E-state index contributed by atoms with van der Waals surface area (Å²) in [6.07, 6.45) is 1.80. The lowest BCUT2D eigenvalue weighted by atomic mass is 10.1. The van der Waals surface area contributed by atoms with Crippen LogP contribution in [-0.2, 0) is 6.61 Å². The molecule has 0 saturated heterocycles. The molecule has 5 heteroatoms. The van der Waals surface area contributed by atoms with E-state index in [4.69, 9.17) is 16.3 Å². The molecule has 0 fully saturated rings. The second-order valence-corrected chi connectivity index (χ2v) is 6.26. The van der Waals surface area contributed by atoms with Gasteiger partial charge in [-0.05, 0) is 55.0 Å². The van der Waals surface area contributed by atoms with Crippen LogP contribution in [0.1, 0.15) is 11.3 Å². The maximum Gasteiger partial charge on any atom is 0.155 e. The van der Waals surface area contributed by atoms with Crippen molar-refractivity contribution >= 4 is 17.2 Å². The molecule has 124 valence electrons.